The molecular weight excluding hydrogens is 382 g/mol. The van der Waals surface area contributed by atoms with Crippen molar-refractivity contribution >= 4 is 17.6 Å². The lowest BCUT2D eigenvalue weighted by Gasteiger charge is -2.17. The molecule has 30 heavy (non-hydrogen) atoms. The van der Waals surface area contributed by atoms with E-state index in [1.54, 1.807) is 18.2 Å². The van der Waals surface area contributed by atoms with Gasteiger partial charge in [-0.25, -0.2) is 0 Å². The molecule has 6 nitrogen and oxygen atoms in total. The van der Waals surface area contributed by atoms with Crippen LogP contribution in [0.1, 0.15) is 17.0 Å². The Morgan fingerprint density at radius 2 is 1.37 bits per heavy atom. The third-order valence-corrected chi connectivity index (χ3v) is 4.51. The summed E-state index contributed by atoms with van der Waals surface area (Å²) in [7, 11) is 3.05. The standard InChI is InChI=1S/C24H23NO5/c1-28-20-14-13-19(15-21(20)29-2)25-22(26)16-30-24(27)23(17-9-5-3-6-10-17)18-11-7-4-8-12-18/h3-15,23H,16H2,1-2H3,(H,25,26). The highest BCUT2D eigenvalue weighted by atomic mass is 16.5. The summed E-state index contributed by atoms with van der Waals surface area (Å²) in [6.07, 6.45) is 0. The molecule has 0 aliphatic heterocycles. The molecule has 154 valence electrons. The van der Waals surface area contributed by atoms with Crippen molar-refractivity contribution in [2.24, 2.45) is 0 Å². The van der Waals surface area contributed by atoms with E-state index in [0.717, 1.165) is 11.1 Å². The van der Waals surface area contributed by atoms with Crippen molar-refractivity contribution in [1.29, 1.82) is 0 Å². The molecule has 0 heterocycles. The van der Waals surface area contributed by atoms with Gasteiger partial charge in [0.1, 0.15) is 5.92 Å². The second-order valence-electron chi connectivity index (χ2n) is 6.48. The van der Waals surface area contributed by atoms with Crippen LogP contribution in [0.5, 0.6) is 11.5 Å². The van der Waals surface area contributed by atoms with Crippen molar-refractivity contribution in [3.63, 3.8) is 0 Å². The highest BCUT2D eigenvalue weighted by molar-refractivity contribution is 5.94. The van der Waals surface area contributed by atoms with Gasteiger partial charge in [0.25, 0.3) is 5.91 Å². The van der Waals surface area contributed by atoms with Crippen molar-refractivity contribution in [2.45, 2.75) is 5.92 Å². The van der Waals surface area contributed by atoms with E-state index in [1.165, 1.54) is 14.2 Å². The van der Waals surface area contributed by atoms with Crippen LogP contribution in [-0.2, 0) is 14.3 Å². The van der Waals surface area contributed by atoms with E-state index in [2.05, 4.69) is 5.32 Å². The molecule has 0 radical (unpaired) electrons. The largest absolute Gasteiger partial charge is 0.493 e. The summed E-state index contributed by atoms with van der Waals surface area (Å²) < 4.78 is 15.7. The first-order valence-corrected chi connectivity index (χ1v) is 9.40. The lowest BCUT2D eigenvalue weighted by molar-refractivity contribution is -0.147. The maximum Gasteiger partial charge on any atom is 0.318 e. The molecule has 0 saturated heterocycles. The zero-order valence-corrected chi connectivity index (χ0v) is 16.8. The average molecular weight is 405 g/mol. The van der Waals surface area contributed by atoms with Gasteiger partial charge in [0.05, 0.1) is 14.2 Å². The molecular formula is C24H23NO5. The van der Waals surface area contributed by atoms with Crippen molar-refractivity contribution in [2.75, 3.05) is 26.1 Å². The fourth-order valence-corrected chi connectivity index (χ4v) is 3.09. The molecule has 3 aromatic rings. The summed E-state index contributed by atoms with van der Waals surface area (Å²) in [5.41, 5.74) is 2.11. The second-order valence-corrected chi connectivity index (χ2v) is 6.48. The SMILES string of the molecule is COc1ccc(NC(=O)COC(=O)C(c2ccccc2)c2ccccc2)cc1OC. The monoisotopic (exact) mass is 405 g/mol. The number of ether oxygens (including phenoxy) is 3. The van der Waals surface area contributed by atoms with Crippen LogP contribution in [0.2, 0.25) is 0 Å². The first-order chi connectivity index (χ1) is 14.6. The summed E-state index contributed by atoms with van der Waals surface area (Å²) in [6, 6.07) is 23.7. The Morgan fingerprint density at radius 1 is 0.800 bits per heavy atom. The van der Waals surface area contributed by atoms with Crippen LogP contribution < -0.4 is 14.8 Å². The minimum absolute atomic E-state index is 0.399. The van der Waals surface area contributed by atoms with E-state index in [-0.39, 0.29) is 0 Å². The molecule has 0 aliphatic rings. The van der Waals surface area contributed by atoms with Gasteiger partial charge in [0.15, 0.2) is 18.1 Å². The Balaban J connectivity index is 1.67. The lowest BCUT2D eigenvalue weighted by atomic mass is 9.91. The van der Waals surface area contributed by atoms with Crippen LogP contribution in [0.4, 0.5) is 5.69 Å². The van der Waals surface area contributed by atoms with Gasteiger partial charge in [-0.1, -0.05) is 60.7 Å². The molecule has 0 bridgehead atoms. The number of hydrogen-bond acceptors (Lipinski definition) is 5. The van der Waals surface area contributed by atoms with Crippen LogP contribution in [0.15, 0.2) is 78.9 Å². The smallest absolute Gasteiger partial charge is 0.318 e. The third-order valence-electron chi connectivity index (χ3n) is 4.51. The number of nitrogens with one attached hydrogen (secondary N) is 1. The highest BCUT2D eigenvalue weighted by Gasteiger charge is 2.24. The minimum Gasteiger partial charge on any atom is -0.493 e. The number of anilines is 1. The van der Waals surface area contributed by atoms with E-state index in [0.29, 0.717) is 17.2 Å². The molecule has 1 N–H and O–H groups in total. The molecule has 3 aromatic carbocycles. The quantitative estimate of drug-likeness (QED) is 0.573. The number of carbonyl (C=O) groups is 2. The summed E-state index contributed by atoms with van der Waals surface area (Å²) >= 11 is 0. The maximum atomic E-state index is 12.8. The number of rotatable bonds is 8. The topological polar surface area (TPSA) is 73.9 Å². The Morgan fingerprint density at radius 3 is 1.90 bits per heavy atom. The number of hydrogen-bond donors (Lipinski definition) is 1. The Hall–Kier alpha value is -3.80. The van der Waals surface area contributed by atoms with Gasteiger partial charge in [0, 0.05) is 11.8 Å². The van der Waals surface area contributed by atoms with Gasteiger partial charge in [-0.15, -0.1) is 0 Å². The summed E-state index contributed by atoms with van der Waals surface area (Å²) in [5.74, 6) is -0.511. The van der Waals surface area contributed by atoms with E-state index in [1.807, 2.05) is 60.7 Å². The van der Waals surface area contributed by atoms with Gasteiger partial charge >= 0.3 is 5.97 Å². The van der Waals surface area contributed by atoms with Gasteiger partial charge in [0.2, 0.25) is 0 Å². The van der Waals surface area contributed by atoms with Gasteiger partial charge in [-0.3, -0.25) is 9.59 Å². The minimum atomic E-state index is -0.610. The Kier molecular flexibility index (Phi) is 7.05. The van der Waals surface area contributed by atoms with Crippen LogP contribution in [-0.4, -0.2) is 32.7 Å². The fourth-order valence-electron chi connectivity index (χ4n) is 3.09. The molecule has 0 saturated carbocycles. The maximum absolute atomic E-state index is 12.8. The molecule has 0 aromatic heterocycles. The van der Waals surface area contributed by atoms with Crippen molar-refractivity contribution in [3.05, 3.63) is 90.0 Å². The van der Waals surface area contributed by atoms with Gasteiger partial charge in [-0.05, 0) is 23.3 Å². The van der Waals surface area contributed by atoms with Crippen LogP contribution in [0, 0.1) is 0 Å². The number of carbonyl (C=O) groups excluding carboxylic acids is 2. The zero-order chi connectivity index (χ0) is 21.3. The number of amides is 1. The van der Waals surface area contributed by atoms with Gasteiger partial charge < -0.3 is 19.5 Å². The normalized spacial score (nSPS) is 10.4. The molecule has 3 rings (SSSR count). The first kappa shape index (κ1) is 20.9. The van der Waals surface area contributed by atoms with Gasteiger partial charge in [-0.2, -0.15) is 0 Å². The van der Waals surface area contributed by atoms with Crippen molar-refractivity contribution in [1.82, 2.24) is 0 Å². The third kappa shape index (κ3) is 5.17. The predicted octanol–water partition coefficient (Wildman–Crippen LogP) is 4.02. The van der Waals surface area contributed by atoms with Crippen molar-refractivity contribution < 1.29 is 23.8 Å². The fraction of sp³-hybridized carbons (Fsp3) is 0.167. The number of esters is 1. The Bertz CT molecular complexity index is 949. The average Bonchev–Trinajstić information content (AvgIpc) is 2.79. The molecule has 0 spiro atoms. The van der Waals surface area contributed by atoms with E-state index in [4.69, 9.17) is 14.2 Å². The second kappa shape index (κ2) is 10.1. The lowest BCUT2D eigenvalue weighted by Crippen LogP contribution is -2.24. The molecule has 0 fully saturated rings. The predicted molar refractivity (Wildman–Crippen MR) is 114 cm³/mol. The van der Waals surface area contributed by atoms with Crippen LogP contribution in [0.3, 0.4) is 0 Å². The van der Waals surface area contributed by atoms with E-state index in [9.17, 15) is 9.59 Å². The van der Waals surface area contributed by atoms with Crippen LogP contribution in [0.25, 0.3) is 0 Å². The molecule has 1 amide bonds. The number of benzene rings is 3. The highest BCUT2D eigenvalue weighted by Crippen LogP contribution is 2.30. The summed E-state index contributed by atoms with van der Waals surface area (Å²) in [5, 5.41) is 2.69. The molecule has 0 aliphatic carbocycles. The number of methoxy groups -OCH3 is 2. The summed E-state index contributed by atoms with van der Waals surface area (Å²) in [4.78, 5) is 25.2. The van der Waals surface area contributed by atoms with E-state index < -0.39 is 24.4 Å². The Labute approximate surface area is 175 Å². The molecule has 6 heteroatoms. The summed E-state index contributed by atoms with van der Waals surface area (Å²) in [6.45, 7) is -0.399. The zero-order valence-electron chi connectivity index (χ0n) is 16.8. The first-order valence-electron chi connectivity index (χ1n) is 9.40. The van der Waals surface area contributed by atoms with E-state index >= 15 is 0 Å². The molecule has 0 atom stereocenters. The van der Waals surface area contributed by atoms with Crippen LogP contribution >= 0.6 is 0 Å². The van der Waals surface area contributed by atoms with Crippen molar-refractivity contribution in [3.8, 4) is 11.5 Å². The molecule has 0 unspecified atom stereocenters.